The van der Waals surface area contributed by atoms with Crippen LogP contribution in [-0.4, -0.2) is 80.7 Å². The van der Waals surface area contributed by atoms with E-state index in [1.54, 1.807) is 0 Å². The summed E-state index contributed by atoms with van der Waals surface area (Å²) in [6, 6.07) is 49.1. The fraction of sp³-hybridized carbons (Fsp3) is 0.458. The van der Waals surface area contributed by atoms with Crippen LogP contribution in [0.15, 0.2) is 195 Å². The minimum Gasteiger partial charge on any atom is -0.574 e. The summed E-state index contributed by atoms with van der Waals surface area (Å²) in [6.07, 6.45) is 19.2. The van der Waals surface area contributed by atoms with Crippen molar-refractivity contribution in [2.24, 2.45) is 10.8 Å². The number of hydrogen-bond donors (Lipinski definition) is 0. The molecule has 16 heterocycles. The summed E-state index contributed by atoms with van der Waals surface area (Å²) >= 11 is 0. The van der Waals surface area contributed by atoms with Gasteiger partial charge in [-0.25, -0.2) is 0 Å². The summed E-state index contributed by atoms with van der Waals surface area (Å²) in [7, 11) is 0. The van der Waals surface area contributed by atoms with Gasteiger partial charge in [0.05, 0.1) is 0 Å². The number of pyridine rings is 8. The Bertz CT molecular complexity index is 6100. The Morgan fingerprint density at radius 3 is 0.575 bits per heavy atom. The van der Waals surface area contributed by atoms with E-state index in [1.165, 1.54) is 44.5 Å². The first-order valence-corrected chi connectivity index (χ1v) is 49.7. The first kappa shape index (κ1) is 126. The van der Waals surface area contributed by atoms with E-state index in [9.17, 15) is 0 Å². The molecule has 0 unspecified atom stereocenters. The molecule has 16 aromatic heterocycles. The van der Waals surface area contributed by atoms with Gasteiger partial charge in [-0.3, -0.25) is 39.9 Å². The van der Waals surface area contributed by atoms with E-state index in [2.05, 4.69) is 419 Å². The first-order chi connectivity index (χ1) is 66.0. The van der Waals surface area contributed by atoms with Gasteiger partial charge in [0.1, 0.15) is 0 Å². The van der Waals surface area contributed by atoms with Gasteiger partial charge in [0.2, 0.25) is 0 Å². The number of rotatable bonds is 14. The monoisotopic (exact) mass is 2690 g/mol. The summed E-state index contributed by atoms with van der Waals surface area (Å²) in [5.74, 6) is 1.01. The zero-order valence-electron chi connectivity index (χ0n) is 93.5. The number of nitrogens with zero attached hydrogens (tertiary/aromatic N) is 24. The molecule has 0 amide bonds. The molecule has 788 valence electrons. The Balaban J connectivity index is 0.000000293. The fourth-order valence-corrected chi connectivity index (χ4v) is 13.7. The minimum atomic E-state index is 0. The number of aromatic nitrogens is 24. The second-order valence-electron chi connectivity index (χ2n) is 47.9. The smallest absolute Gasteiger partial charge is 0.574 e. The van der Waals surface area contributed by atoms with Gasteiger partial charge in [-0.1, -0.05) is 392 Å². The Hall–Kier alpha value is -10.4. The summed E-state index contributed by atoms with van der Waals surface area (Å²) in [4.78, 5) is 35.6. The molecule has 24 nitrogen and oxygen atoms in total. The topological polar surface area (TPSA) is 319 Å². The van der Waals surface area contributed by atoms with E-state index in [0.29, 0.717) is 11.8 Å². The van der Waals surface area contributed by atoms with Crippen molar-refractivity contribution in [3.63, 3.8) is 0 Å². The van der Waals surface area contributed by atoms with Gasteiger partial charge in [-0.05, 0) is 177 Å². The Morgan fingerprint density at radius 2 is 0.418 bits per heavy atom. The van der Waals surface area contributed by atoms with Crippen LogP contribution in [0.2, 0.25) is 0 Å². The van der Waals surface area contributed by atoms with Gasteiger partial charge in [0.25, 0.3) is 0 Å². The van der Waals surface area contributed by atoms with Crippen LogP contribution < -0.4 is 40.8 Å². The summed E-state index contributed by atoms with van der Waals surface area (Å²) in [5.41, 5.74) is 32.9. The molecular formula is C118H156N24Pt4. The van der Waals surface area contributed by atoms with E-state index in [-0.39, 0.29) is 138 Å². The van der Waals surface area contributed by atoms with Gasteiger partial charge in [-0.15, -0.1) is 0 Å². The average Bonchev–Trinajstić information content (AvgIpc) is 1.67. The van der Waals surface area contributed by atoms with Crippen LogP contribution in [0.1, 0.15) is 351 Å². The molecule has 0 aliphatic rings. The van der Waals surface area contributed by atoms with Crippen LogP contribution in [0.4, 0.5) is 0 Å². The summed E-state index contributed by atoms with van der Waals surface area (Å²) < 4.78 is 0. The Labute approximate surface area is 929 Å². The quantitative estimate of drug-likeness (QED) is 0.0976. The molecular weight excluding hydrogens is 2530 g/mol. The van der Waals surface area contributed by atoms with E-state index in [1.807, 2.05) is 160 Å². The molecule has 0 saturated carbocycles. The molecule has 0 N–H and O–H groups in total. The van der Waals surface area contributed by atoms with Crippen molar-refractivity contribution in [3.8, 4) is 91.1 Å². The molecule has 146 heavy (non-hydrogen) atoms. The fourth-order valence-electron chi connectivity index (χ4n) is 13.7. The Kier molecular flexibility index (Phi) is 46.4. The molecule has 0 atom stereocenters. The number of aryl methyl sites for hydroxylation is 4. The normalized spacial score (nSPS) is 11.8. The molecule has 16 aromatic rings. The second kappa shape index (κ2) is 53.7. The van der Waals surface area contributed by atoms with Gasteiger partial charge in [0, 0.05) is 162 Å². The van der Waals surface area contributed by atoms with Crippen molar-refractivity contribution >= 4 is 0 Å². The van der Waals surface area contributed by atoms with Gasteiger partial charge in [-0.2, -0.15) is 0 Å². The van der Waals surface area contributed by atoms with Crippen LogP contribution >= 0.6 is 0 Å². The number of hydrogen-bond acceptors (Lipinski definition) is 16. The third kappa shape index (κ3) is 39.6. The molecule has 0 spiro atoms. The summed E-state index contributed by atoms with van der Waals surface area (Å²) in [5, 5.41) is 66.8. The standard InChI is InChI=1S/4C16H22N3.2C14H18N3.2C13H16N3.4Pt/c2*1-15(2,3)11-7-8-12(17-10-11)13-9-14(19-18-13)16(4,5)6;2*1-11(2)12-6-7-14(17-10-12)15-8-13(18-19-15)9-16(3,4)5;2*1-5-10-6-7-11(15-9-10)12-8-13(17-16-12)14(2,3)4;2*1-9-7-12(16-15-9)11-6-5-10(8-14-11)13(2,3)4;;;;/h2*7-10H,1-6H3;2*6-8,10-11H,9H2,1-5H3;2*6-9H,5H2,1-4H3;2*5-8H,1-4H3;;;;/q8*-1;4*+2. The van der Waals surface area contributed by atoms with E-state index in [4.69, 9.17) is 0 Å². The van der Waals surface area contributed by atoms with Crippen molar-refractivity contribution in [1.82, 2.24) is 121 Å². The molecule has 0 radical (unpaired) electrons. The first-order valence-electron chi connectivity index (χ1n) is 49.7. The van der Waals surface area contributed by atoms with E-state index < -0.39 is 0 Å². The summed E-state index contributed by atoms with van der Waals surface area (Å²) in [6.45, 7) is 81.8. The second-order valence-corrected chi connectivity index (χ2v) is 47.9. The van der Waals surface area contributed by atoms with Crippen LogP contribution in [-0.2, 0) is 153 Å². The zero-order valence-corrected chi connectivity index (χ0v) is 103. The van der Waals surface area contributed by atoms with Crippen molar-refractivity contribution in [2.75, 3.05) is 0 Å². The molecule has 0 fully saturated rings. The minimum absolute atomic E-state index is 0. The maximum Gasteiger partial charge on any atom is 2.00 e. The van der Waals surface area contributed by atoms with Crippen molar-refractivity contribution in [2.45, 2.75) is 344 Å². The van der Waals surface area contributed by atoms with Crippen LogP contribution in [0.25, 0.3) is 91.1 Å². The van der Waals surface area contributed by atoms with Crippen LogP contribution in [0, 0.1) is 24.7 Å². The molecule has 0 bridgehead atoms. The molecule has 0 aliphatic carbocycles. The SMILES string of the molecule is CC(C)(C)c1ccc(-c2cc(C(C)(C)C)n[n-]2)nc1.CC(C)(C)c1ccc(-c2cc(C(C)(C)C)n[n-]2)nc1.CC(C)c1ccc(-c2cc(CC(C)(C)C)n[n-]2)nc1.CC(C)c1ccc(-c2cc(CC(C)(C)C)n[n-]2)nc1.CCc1ccc(-c2cc(C(C)(C)C)n[n-]2)nc1.CCc1ccc(-c2cc(C(C)(C)C)n[n-]2)nc1.Cc1cc(-c2ccc(C(C)(C)C)cn2)[n-]n1.Cc1cc(-c2ccc(C(C)(C)C)cn2)[n-]n1.[Pt+2].[Pt+2].[Pt+2].[Pt+2]. The largest absolute Gasteiger partial charge is 2.00 e. The van der Waals surface area contributed by atoms with Gasteiger partial charge in [0.15, 0.2) is 0 Å². The Morgan fingerprint density at radius 1 is 0.219 bits per heavy atom. The average molecular weight is 2690 g/mol. The maximum absolute atomic E-state index is 4.51. The van der Waals surface area contributed by atoms with E-state index in [0.717, 1.165) is 162 Å². The van der Waals surface area contributed by atoms with Gasteiger partial charge < -0.3 is 81.6 Å². The van der Waals surface area contributed by atoms with E-state index >= 15 is 0 Å². The van der Waals surface area contributed by atoms with Crippen molar-refractivity contribution in [3.05, 3.63) is 285 Å². The zero-order chi connectivity index (χ0) is 105. The van der Waals surface area contributed by atoms with Crippen molar-refractivity contribution < 1.29 is 84.3 Å². The molecule has 0 aromatic carbocycles. The predicted molar refractivity (Wildman–Crippen MR) is 579 cm³/mol. The van der Waals surface area contributed by atoms with Crippen molar-refractivity contribution in [1.29, 1.82) is 0 Å². The van der Waals surface area contributed by atoms with Crippen LogP contribution in [0.5, 0.6) is 0 Å². The molecule has 28 heteroatoms. The third-order valence-corrected chi connectivity index (χ3v) is 23.1. The third-order valence-electron chi connectivity index (χ3n) is 23.1. The molecule has 16 rings (SSSR count). The molecule has 0 saturated heterocycles. The predicted octanol–water partition coefficient (Wildman–Crippen LogP) is 26.3. The molecule has 0 aliphatic heterocycles. The van der Waals surface area contributed by atoms with Gasteiger partial charge >= 0.3 is 84.3 Å². The maximum atomic E-state index is 4.51. The van der Waals surface area contributed by atoms with Crippen LogP contribution in [0.3, 0.4) is 0 Å².